The Morgan fingerprint density at radius 3 is 2.50 bits per heavy atom. The molecule has 0 saturated carbocycles. The van der Waals surface area contributed by atoms with Crippen LogP contribution in [0.3, 0.4) is 0 Å². The standard InChI is InChI=1S/C18H19NO5/c1-23-16-11-13(8-10-17(20)21)7-9-15(16)19-18(22)24-12-14-5-3-2-4-6-14/h2-7,9,11H,8,10,12H2,1H3,(H,19,22)(H,20,21). The molecule has 0 heterocycles. The minimum absolute atomic E-state index is 0.0368. The van der Waals surface area contributed by atoms with Gasteiger partial charge in [-0.05, 0) is 29.7 Å². The Bertz CT molecular complexity index is 700. The van der Waals surface area contributed by atoms with E-state index in [2.05, 4.69) is 5.32 Å². The molecule has 0 bridgehead atoms. The zero-order valence-electron chi connectivity index (χ0n) is 13.3. The van der Waals surface area contributed by atoms with E-state index >= 15 is 0 Å². The van der Waals surface area contributed by atoms with Crippen LogP contribution in [0.4, 0.5) is 10.5 Å². The van der Waals surface area contributed by atoms with Crippen LogP contribution in [0.2, 0.25) is 0 Å². The number of carbonyl (C=O) groups is 2. The third kappa shape index (κ3) is 5.31. The monoisotopic (exact) mass is 329 g/mol. The normalized spacial score (nSPS) is 10.0. The molecule has 1 amide bonds. The quantitative estimate of drug-likeness (QED) is 0.812. The predicted molar refractivity (Wildman–Crippen MR) is 89.2 cm³/mol. The van der Waals surface area contributed by atoms with Crippen molar-refractivity contribution in [2.75, 3.05) is 12.4 Å². The number of hydrogen-bond acceptors (Lipinski definition) is 4. The fraction of sp³-hybridized carbons (Fsp3) is 0.222. The van der Waals surface area contributed by atoms with Crippen molar-refractivity contribution in [3.63, 3.8) is 0 Å². The molecular formula is C18H19NO5. The first-order valence-electron chi connectivity index (χ1n) is 7.45. The van der Waals surface area contributed by atoms with Gasteiger partial charge in [0.1, 0.15) is 12.4 Å². The van der Waals surface area contributed by atoms with Crippen molar-refractivity contribution in [1.29, 1.82) is 0 Å². The van der Waals surface area contributed by atoms with E-state index in [0.29, 0.717) is 17.9 Å². The number of methoxy groups -OCH3 is 1. The number of carbonyl (C=O) groups excluding carboxylic acids is 1. The van der Waals surface area contributed by atoms with Crippen molar-refractivity contribution in [3.05, 3.63) is 59.7 Å². The number of nitrogens with one attached hydrogen (secondary N) is 1. The second-order valence-electron chi connectivity index (χ2n) is 5.12. The lowest BCUT2D eigenvalue weighted by Crippen LogP contribution is -2.14. The van der Waals surface area contributed by atoms with Gasteiger partial charge in [-0.2, -0.15) is 0 Å². The van der Waals surface area contributed by atoms with Gasteiger partial charge in [-0.1, -0.05) is 36.4 Å². The van der Waals surface area contributed by atoms with Crippen molar-refractivity contribution >= 4 is 17.7 Å². The van der Waals surface area contributed by atoms with Crippen molar-refractivity contribution in [2.24, 2.45) is 0 Å². The molecule has 24 heavy (non-hydrogen) atoms. The second-order valence-corrected chi connectivity index (χ2v) is 5.12. The van der Waals surface area contributed by atoms with Crippen LogP contribution in [0.1, 0.15) is 17.5 Å². The van der Waals surface area contributed by atoms with Gasteiger partial charge in [0.05, 0.1) is 12.8 Å². The average Bonchev–Trinajstić information content (AvgIpc) is 2.60. The number of rotatable bonds is 7. The van der Waals surface area contributed by atoms with Gasteiger partial charge in [0.2, 0.25) is 0 Å². The van der Waals surface area contributed by atoms with Gasteiger partial charge in [-0.3, -0.25) is 10.1 Å². The van der Waals surface area contributed by atoms with E-state index in [-0.39, 0.29) is 13.0 Å². The molecule has 0 atom stereocenters. The second kappa shape index (κ2) is 8.57. The molecule has 0 aliphatic heterocycles. The largest absolute Gasteiger partial charge is 0.495 e. The van der Waals surface area contributed by atoms with Crippen molar-refractivity contribution in [1.82, 2.24) is 0 Å². The van der Waals surface area contributed by atoms with Crippen molar-refractivity contribution < 1.29 is 24.2 Å². The summed E-state index contributed by atoms with van der Waals surface area (Å²) in [5.41, 5.74) is 2.18. The number of anilines is 1. The number of amides is 1. The number of aliphatic carboxylic acids is 1. The lowest BCUT2D eigenvalue weighted by Gasteiger charge is -2.12. The van der Waals surface area contributed by atoms with E-state index in [1.807, 2.05) is 30.3 Å². The Morgan fingerprint density at radius 2 is 1.83 bits per heavy atom. The summed E-state index contributed by atoms with van der Waals surface area (Å²) in [7, 11) is 1.48. The van der Waals surface area contributed by atoms with Gasteiger partial charge in [-0.15, -0.1) is 0 Å². The topological polar surface area (TPSA) is 84.9 Å². The number of carboxylic acid groups (broad SMARTS) is 1. The molecule has 2 aromatic rings. The first kappa shape index (κ1) is 17.3. The number of carboxylic acids is 1. The highest BCUT2D eigenvalue weighted by molar-refractivity contribution is 5.86. The molecule has 0 aliphatic carbocycles. The Hall–Kier alpha value is -3.02. The van der Waals surface area contributed by atoms with Crippen LogP contribution in [0, 0.1) is 0 Å². The van der Waals surface area contributed by atoms with E-state index in [1.165, 1.54) is 7.11 Å². The summed E-state index contributed by atoms with van der Waals surface area (Å²) >= 11 is 0. The van der Waals surface area contributed by atoms with Crippen molar-refractivity contribution in [3.8, 4) is 5.75 Å². The first-order chi connectivity index (χ1) is 11.6. The summed E-state index contributed by atoms with van der Waals surface area (Å²) in [5, 5.41) is 11.3. The molecule has 2 rings (SSSR count). The maximum absolute atomic E-state index is 11.9. The molecule has 0 aliphatic rings. The number of ether oxygens (including phenoxy) is 2. The van der Waals surface area contributed by atoms with Crippen LogP contribution in [-0.4, -0.2) is 24.3 Å². The molecule has 0 fully saturated rings. The third-order valence-corrected chi connectivity index (χ3v) is 3.34. The summed E-state index contributed by atoms with van der Waals surface area (Å²) in [5.74, 6) is -0.407. The summed E-state index contributed by atoms with van der Waals surface area (Å²) in [4.78, 5) is 22.5. The molecule has 2 aromatic carbocycles. The highest BCUT2D eigenvalue weighted by atomic mass is 16.5. The molecule has 2 N–H and O–H groups in total. The molecule has 126 valence electrons. The highest BCUT2D eigenvalue weighted by Gasteiger charge is 2.10. The lowest BCUT2D eigenvalue weighted by molar-refractivity contribution is -0.136. The zero-order valence-corrected chi connectivity index (χ0v) is 13.3. The minimum Gasteiger partial charge on any atom is -0.495 e. The lowest BCUT2D eigenvalue weighted by atomic mass is 10.1. The SMILES string of the molecule is COc1cc(CCC(=O)O)ccc1NC(=O)OCc1ccccc1. The summed E-state index contributed by atoms with van der Waals surface area (Å²) in [6.07, 6.45) is -0.158. The first-order valence-corrected chi connectivity index (χ1v) is 7.45. The predicted octanol–water partition coefficient (Wildman–Crippen LogP) is 3.46. The number of hydrogen-bond donors (Lipinski definition) is 2. The van der Waals surface area contributed by atoms with Gasteiger partial charge in [0, 0.05) is 6.42 Å². The van der Waals surface area contributed by atoms with Crippen molar-refractivity contribution in [2.45, 2.75) is 19.4 Å². The fourth-order valence-corrected chi connectivity index (χ4v) is 2.11. The van der Waals surface area contributed by atoms with E-state index in [9.17, 15) is 9.59 Å². The Kier molecular flexibility index (Phi) is 6.19. The molecule has 0 spiro atoms. The molecular weight excluding hydrogens is 310 g/mol. The van der Waals surface area contributed by atoms with Crippen LogP contribution >= 0.6 is 0 Å². The van der Waals surface area contributed by atoms with Crippen LogP contribution in [0.15, 0.2) is 48.5 Å². The average molecular weight is 329 g/mol. The Balaban J connectivity index is 1.95. The highest BCUT2D eigenvalue weighted by Crippen LogP contribution is 2.26. The number of benzene rings is 2. The molecule has 6 heteroatoms. The summed E-state index contributed by atoms with van der Waals surface area (Å²) in [6.45, 7) is 0.172. The zero-order chi connectivity index (χ0) is 17.4. The van der Waals surface area contributed by atoms with Gasteiger partial charge in [0.15, 0.2) is 0 Å². The maximum atomic E-state index is 11.9. The number of aryl methyl sites for hydroxylation is 1. The molecule has 0 aromatic heterocycles. The van der Waals surface area contributed by atoms with Gasteiger partial charge >= 0.3 is 12.1 Å². The van der Waals surface area contributed by atoms with Gasteiger partial charge < -0.3 is 14.6 Å². The van der Waals surface area contributed by atoms with E-state index < -0.39 is 12.1 Å². The molecule has 0 radical (unpaired) electrons. The Labute approximate surface area is 140 Å². The molecule has 0 saturated heterocycles. The van der Waals surface area contributed by atoms with Crippen LogP contribution in [-0.2, 0) is 22.6 Å². The van der Waals surface area contributed by atoms with Crippen LogP contribution in [0.5, 0.6) is 5.75 Å². The smallest absolute Gasteiger partial charge is 0.412 e. The maximum Gasteiger partial charge on any atom is 0.412 e. The van der Waals surface area contributed by atoms with Crippen LogP contribution < -0.4 is 10.1 Å². The van der Waals surface area contributed by atoms with Crippen LogP contribution in [0.25, 0.3) is 0 Å². The third-order valence-electron chi connectivity index (χ3n) is 3.34. The van der Waals surface area contributed by atoms with Gasteiger partial charge in [0.25, 0.3) is 0 Å². The van der Waals surface area contributed by atoms with E-state index in [1.54, 1.807) is 18.2 Å². The van der Waals surface area contributed by atoms with E-state index in [4.69, 9.17) is 14.6 Å². The van der Waals surface area contributed by atoms with E-state index in [0.717, 1.165) is 11.1 Å². The molecule has 0 unspecified atom stereocenters. The summed E-state index contributed by atoms with van der Waals surface area (Å²) in [6, 6.07) is 14.5. The van der Waals surface area contributed by atoms with Gasteiger partial charge in [-0.25, -0.2) is 4.79 Å². The Morgan fingerprint density at radius 1 is 1.08 bits per heavy atom. The fourth-order valence-electron chi connectivity index (χ4n) is 2.11. The minimum atomic E-state index is -0.861. The molecule has 6 nitrogen and oxygen atoms in total. The summed E-state index contributed by atoms with van der Waals surface area (Å²) < 4.78 is 10.4.